The summed E-state index contributed by atoms with van der Waals surface area (Å²) in [6, 6.07) is 1.56. The molecule has 1 radical (unpaired) electrons. The smallest absolute Gasteiger partial charge is 0.305 e. The van der Waals surface area contributed by atoms with Crippen LogP contribution in [0.25, 0.3) is 0 Å². The van der Waals surface area contributed by atoms with Gasteiger partial charge in [-0.1, -0.05) is 0 Å². The molecule has 55 valence electrons. The average molecular weight is 148 g/mol. The van der Waals surface area contributed by atoms with Gasteiger partial charge in [0.25, 0.3) is 0 Å². The molecule has 2 heterocycles. The number of urea groups is 1. The third-order valence-electron chi connectivity index (χ3n) is 1.55. The number of carbonyl (C=O) groups is 1. The molecule has 1 N–H and O–H groups in total. The van der Waals surface area contributed by atoms with E-state index >= 15 is 0 Å². The number of rotatable bonds is 0. The highest BCUT2D eigenvalue weighted by molar-refractivity contribution is 5.91. The highest BCUT2D eigenvalue weighted by atomic mass is 16.2. The monoisotopic (exact) mass is 148 g/mol. The minimum absolute atomic E-state index is 0.287. The summed E-state index contributed by atoms with van der Waals surface area (Å²) in [7, 11) is 0. The number of anilines is 1. The zero-order valence-electron chi connectivity index (χ0n) is 5.74. The number of amides is 2. The maximum atomic E-state index is 10.7. The molecule has 4 nitrogen and oxygen atoms in total. The number of nitrogens with zero attached hydrogens (tertiary/aromatic N) is 2. The molecule has 0 aliphatic carbocycles. The first-order valence-corrected chi connectivity index (χ1v) is 3.27. The SMILES string of the molecule is O=C1[N]Cc2ccncc2N1. The van der Waals surface area contributed by atoms with Crippen molar-refractivity contribution in [2.24, 2.45) is 0 Å². The van der Waals surface area contributed by atoms with E-state index in [1.165, 1.54) is 0 Å². The lowest BCUT2D eigenvalue weighted by molar-refractivity contribution is 0.250. The Labute approximate surface area is 63.6 Å². The van der Waals surface area contributed by atoms with Gasteiger partial charge in [-0.15, -0.1) is 0 Å². The molecule has 4 heteroatoms. The van der Waals surface area contributed by atoms with Gasteiger partial charge in [0.2, 0.25) is 0 Å². The van der Waals surface area contributed by atoms with Gasteiger partial charge < -0.3 is 5.32 Å². The van der Waals surface area contributed by atoms with E-state index in [4.69, 9.17) is 0 Å². The molecule has 2 amide bonds. The van der Waals surface area contributed by atoms with Crippen LogP contribution in [0.15, 0.2) is 18.5 Å². The third-order valence-corrected chi connectivity index (χ3v) is 1.55. The molecule has 11 heavy (non-hydrogen) atoms. The Balaban J connectivity index is 2.41. The number of pyridine rings is 1. The maximum Gasteiger partial charge on any atom is 0.341 e. The summed E-state index contributed by atoms with van der Waals surface area (Å²) >= 11 is 0. The Morgan fingerprint density at radius 2 is 2.45 bits per heavy atom. The fourth-order valence-electron chi connectivity index (χ4n) is 0.985. The summed E-state index contributed by atoms with van der Waals surface area (Å²) in [5.41, 5.74) is 1.78. The van der Waals surface area contributed by atoms with Gasteiger partial charge in [0.05, 0.1) is 18.4 Å². The molecule has 1 aliphatic heterocycles. The molecule has 0 fully saturated rings. The van der Waals surface area contributed by atoms with Gasteiger partial charge in [-0.05, 0) is 6.07 Å². The number of aromatic nitrogens is 1. The average Bonchev–Trinajstić information content (AvgIpc) is 2.04. The summed E-state index contributed by atoms with van der Waals surface area (Å²) in [5.74, 6) is 0. The molecule has 0 bridgehead atoms. The molecule has 0 saturated heterocycles. The van der Waals surface area contributed by atoms with Gasteiger partial charge in [0.1, 0.15) is 0 Å². The zero-order chi connectivity index (χ0) is 7.68. The fourth-order valence-corrected chi connectivity index (χ4v) is 0.985. The quantitative estimate of drug-likeness (QED) is 0.589. The predicted octanol–water partition coefficient (Wildman–Crippen LogP) is 0.731. The number of fused-ring (bicyclic) bond motifs is 1. The number of hydrogen-bond acceptors (Lipinski definition) is 2. The van der Waals surface area contributed by atoms with Crippen LogP contribution in [0.3, 0.4) is 0 Å². The summed E-state index contributed by atoms with van der Waals surface area (Å²) in [6.45, 7) is 0.462. The molecule has 0 spiro atoms. The second kappa shape index (κ2) is 2.23. The van der Waals surface area contributed by atoms with Gasteiger partial charge in [-0.2, -0.15) is 0 Å². The fraction of sp³-hybridized carbons (Fsp3) is 0.143. The van der Waals surface area contributed by atoms with Gasteiger partial charge in [0.15, 0.2) is 0 Å². The van der Waals surface area contributed by atoms with E-state index in [9.17, 15) is 4.79 Å². The number of nitrogens with one attached hydrogen (secondary N) is 1. The lowest BCUT2D eigenvalue weighted by Gasteiger charge is -2.14. The van der Waals surface area contributed by atoms with Crippen molar-refractivity contribution in [3.8, 4) is 0 Å². The first-order valence-electron chi connectivity index (χ1n) is 3.27. The van der Waals surface area contributed by atoms with E-state index < -0.39 is 0 Å². The van der Waals surface area contributed by atoms with Crippen molar-refractivity contribution in [3.63, 3.8) is 0 Å². The zero-order valence-corrected chi connectivity index (χ0v) is 5.74. The Hall–Kier alpha value is -1.58. The summed E-state index contributed by atoms with van der Waals surface area (Å²) in [5, 5.41) is 6.29. The van der Waals surface area contributed by atoms with Crippen LogP contribution < -0.4 is 10.6 Å². The molecule has 1 aromatic rings. The molecular formula is C7H6N3O. The van der Waals surface area contributed by atoms with Crippen molar-refractivity contribution in [2.75, 3.05) is 5.32 Å². The highest BCUT2D eigenvalue weighted by Gasteiger charge is 2.13. The van der Waals surface area contributed by atoms with Crippen LogP contribution in [0, 0.1) is 0 Å². The van der Waals surface area contributed by atoms with E-state index in [0.717, 1.165) is 11.3 Å². The lowest BCUT2D eigenvalue weighted by Crippen LogP contribution is -2.27. The summed E-state index contributed by atoms with van der Waals surface area (Å²) < 4.78 is 0. The van der Waals surface area contributed by atoms with Crippen molar-refractivity contribution in [2.45, 2.75) is 6.54 Å². The molecular weight excluding hydrogens is 142 g/mol. The lowest BCUT2D eigenvalue weighted by atomic mass is 10.2. The van der Waals surface area contributed by atoms with Crippen LogP contribution in [0.5, 0.6) is 0 Å². The second-order valence-electron chi connectivity index (χ2n) is 2.28. The predicted molar refractivity (Wildman–Crippen MR) is 39.1 cm³/mol. The van der Waals surface area contributed by atoms with Crippen LogP contribution in [-0.4, -0.2) is 11.0 Å². The van der Waals surface area contributed by atoms with Crippen molar-refractivity contribution in [1.29, 1.82) is 0 Å². The number of carbonyl (C=O) groups excluding carboxylic acids is 1. The van der Waals surface area contributed by atoms with Crippen molar-refractivity contribution in [3.05, 3.63) is 24.0 Å². The number of hydrogen-bond donors (Lipinski definition) is 1. The third kappa shape index (κ3) is 1.02. The van der Waals surface area contributed by atoms with Gasteiger partial charge in [0, 0.05) is 11.8 Å². The van der Waals surface area contributed by atoms with Crippen LogP contribution in [0.1, 0.15) is 5.56 Å². The first kappa shape index (κ1) is 6.15. The van der Waals surface area contributed by atoms with Crippen LogP contribution in [0.4, 0.5) is 10.5 Å². The largest absolute Gasteiger partial charge is 0.341 e. The second-order valence-corrected chi connectivity index (χ2v) is 2.28. The van der Waals surface area contributed by atoms with Crippen molar-refractivity contribution >= 4 is 11.7 Å². The minimum atomic E-state index is -0.287. The van der Waals surface area contributed by atoms with E-state index in [1.807, 2.05) is 6.07 Å². The molecule has 1 aliphatic rings. The van der Waals surface area contributed by atoms with Crippen LogP contribution in [-0.2, 0) is 6.54 Å². The molecule has 0 saturated carbocycles. The Morgan fingerprint density at radius 1 is 1.55 bits per heavy atom. The normalized spacial score (nSPS) is 14.7. The standard InChI is InChI=1S/C7H6N3O/c11-7-9-3-5-1-2-8-4-6(5)10-7/h1-2,4H,3H2,(H,10,11). The van der Waals surface area contributed by atoms with Crippen LogP contribution in [0.2, 0.25) is 0 Å². The molecule has 0 unspecified atom stereocenters. The van der Waals surface area contributed by atoms with E-state index in [-0.39, 0.29) is 6.03 Å². The minimum Gasteiger partial charge on any atom is -0.305 e. The summed E-state index contributed by atoms with van der Waals surface area (Å²) in [6.07, 6.45) is 3.31. The first-order chi connectivity index (χ1) is 5.36. The molecule has 0 aromatic carbocycles. The Morgan fingerprint density at radius 3 is 3.36 bits per heavy atom. The van der Waals surface area contributed by atoms with Gasteiger partial charge >= 0.3 is 6.03 Å². The molecule has 2 rings (SSSR count). The topological polar surface area (TPSA) is 56.1 Å². The molecule has 1 aromatic heterocycles. The molecule has 0 atom stereocenters. The van der Waals surface area contributed by atoms with Gasteiger partial charge in [-0.25, -0.2) is 10.1 Å². The van der Waals surface area contributed by atoms with Gasteiger partial charge in [-0.3, -0.25) is 4.98 Å². The van der Waals surface area contributed by atoms with E-state index in [0.29, 0.717) is 6.54 Å². The van der Waals surface area contributed by atoms with E-state index in [2.05, 4.69) is 15.6 Å². The van der Waals surface area contributed by atoms with Crippen LogP contribution >= 0.6 is 0 Å². The Bertz CT molecular complexity index is 297. The summed E-state index contributed by atoms with van der Waals surface area (Å²) in [4.78, 5) is 14.6. The Kier molecular flexibility index (Phi) is 1.25. The maximum absolute atomic E-state index is 10.7. The highest BCUT2D eigenvalue weighted by Crippen LogP contribution is 2.16. The van der Waals surface area contributed by atoms with Crippen molar-refractivity contribution < 1.29 is 4.79 Å². The van der Waals surface area contributed by atoms with E-state index in [1.54, 1.807) is 12.4 Å². The van der Waals surface area contributed by atoms with Crippen molar-refractivity contribution in [1.82, 2.24) is 10.3 Å².